The minimum Gasteiger partial charge on any atom is -0.462 e. The molecule has 0 aromatic carbocycles. The van der Waals surface area contributed by atoms with Gasteiger partial charge in [-0.1, -0.05) is 293 Å². The average molecular weight is 1200 g/mol. The fourth-order valence-electron chi connectivity index (χ4n) is 9.85. The summed E-state index contributed by atoms with van der Waals surface area (Å²) in [6.07, 6.45) is 77.0. The first-order valence-electron chi connectivity index (χ1n) is 34.8. The number of aliphatic hydroxyl groups is 1. The molecule has 0 spiro atoms. The van der Waals surface area contributed by atoms with Crippen molar-refractivity contribution < 1.29 is 52.2 Å². The first-order chi connectivity index (χ1) is 41.2. The number of allylic oxidation sites excluding steroid dienone is 12. The number of hydrogen-bond donors (Lipinski definition) is 2. The van der Waals surface area contributed by atoms with Gasteiger partial charge in [-0.25, -0.2) is 4.57 Å². The van der Waals surface area contributed by atoms with Crippen LogP contribution >= 0.6 is 7.82 Å². The van der Waals surface area contributed by atoms with Gasteiger partial charge in [-0.15, -0.1) is 0 Å². The smallest absolute Gasteiger partial charge is 0.462 e. The van der Waals surface area contributed by atoms with E-state index in [1.807, 2.05) is 0 Å². The lowest BCUT2D eigenvalue weighted by Gasteiger charge is -2.21. The van der Waals surface area contributed by atoms with E-state index in [0.29, 0.717) is 19.3 Å². The molecule has 0 aromatic rings. The maximum Gasteiger partial charge on any atom is 0.472 e. The molecular weight excluding hydrogens is 1070 g/mol. The van der Waals surface area contributed by atoms with Crippen molar-refractivity contribution in [3.63, 3.8) is 0 Å². The number of esters is 3. The predicted octanol–water partition coefficient (Wildman–Crippen LogP) is 21.6. The lowest BCUT2D eigenvalue weighted by Crippen LogP contribution is -2.30. The molecule has 0 heterocycles. The van der Waals surface area contributed by atoms with Crippen molar-refractivity contribution in [2.75, 3.05) is 26.4 Å². The van der Waals surface area contributed by atoms with Gasteiger partial charge in [0.1, 0.15) is 12.7 Å². The Morgan fingerprint density at radius 3 is 0.976 bits per heavy atom. The first-order valence-corrected chi connectivity index (χ1v) is 36.3. The lowest BCUT2D eigenvalue weighted by atomic mass is 10.0. The van der Waals surface area contributed by atoms with Crippen molar-refractivity contribution in [3.8, 4) is 0 Å². The summed E-state index contributed by atoms with van der Waals surface area (Å²) in [6, 6.07) is 0. The molecule has 0 aromatic heterocycles. The zero-order valence-corrected chi connectivity index (χ0v) is 55.3. The molecule has 0 amide bonds. The normalized spacial score (nSPS) is 13.6. The van der Waals surface area contributed by atoms with Crippen LogP contribution in [0, 0.1) is 0 Å². The third-order valence-electron chi connectivity index (χ3n) is 15.1. The molecule has 12 heteroatoms. The topological polar surface area (TPSA) is 155 Å². The number of ether oxygens (including phenoxy) is 3. The zero-order valence-electron chi connectivity index (χ0n) is 54.4. The van der Waals surface area contributed by atoms with E-state index in [-0.39, 0.29) is 25.9 Å². The second kappa shape index (κ2) is 65.9. The number of phosphoric acid groups is 1. The highest BCUT2D eigenvalue weighted by molar-refractivity contribution is 7.47. The molecule has 0 aliphatic heterocycles. The van der Waals surface area contributed by atoms with Crippen LogP contribution in [0.15, 0.2) is 72.9 Å². The number of carbonyl (C=O) groups is 3. The number of rotatable bonds is 65. The summed E-state index contributed by atoms with van der Waals surface area (Å²) < 4.78 is 39.8. The quantitative estimate of drug-likeness (QED) is 0.0197. The van der Waals surface area contributed by atoms with Crippen molar-refractivity contribution in [2.45, 2.75) is 341 Å². The minimum absolute atomic E-state index is 0.159. The van der Waals surface area contributed by atoms with Gasteiger partial charge in [0.2, 0.25) is 0 Å². The summed E-state index contributed by atoms with van der Waals surface area (Å²) in [5.74, 6) is -1.47. The third-order valence-corrected chi connectivity index (χ3v) is 16.1. The summed E-state index contributed by atoms with van der Waals surface area (Å²) in [4.78, 5) is 48.9. The Kier molecular flexibility index (Phi) is 63.5. The van der Waals surface area contributed by atoms with Gasteiger partial charge < -0.3 is 24.2 Å². The molecule has 11 nitrogen and oxygen atoms in total. The van der Waals surface area contributed by atoms with E-state index < -0.39 is 57.8 Å². The Morgan fingerprint density at radius 1 is 0.345 bits per heavy atom. The lowest BCUT2D eigenvalue weighted by molar-refractivity contribution is -0.161. The minimum atomic E-state index is -4.76. The molecule has 2 N–H and O–H groups in total. The van der Waals surface area contributed by atoms with Crippen molar-refractivity contribution in [1.82, 2.24) is 0 Å². The van der Waals surface area contributed by atoms with Crippen LogP contribution in [0.5, 0.6) is 0 Å². The molecule has 3 atom stereocenters. The van der Waals surface area contributed by atoms with Gasteiger partial charge in [0.05, 0.1) is 19.8 Å². The molecule has 84 heavy (non-hydrogen) atoms. The maximum atomic E-state index is 13.0. The van der Waals surface area contributed by atoms with E-state index in [9.17, 15) is 28.9 Å². The van der Waals surface area contributed by atoms with E-state index in [4.69, 9.17) is 23.3 Å². The molecule has 0 aliphatic rings. The average Bonchev–Trinajstić information content (AvgIpc) is 3.55. The van der Waals surface area contributed by atoms with Gasteiger partial charge in [0.15, 0.2) is 6.10 Å². The number of aliphatic hydroxyl groups excluding tert-OH is 1. The number of carbonyl (C=O) groups excluding carboxylic acids is 3. The second-order valence-electron chi connectivity index (χ2n) is 23.3. The van der Waals surface area contributed by atoms with E-state index in [1.54, 1.807) is 0 Å². The van der Waals surface area contributed by atoms with Crippen molar-refractivity contribution in [2.24, 2.45) is 0 Å². The highest BCUT2D eigenvalue weighted by Gasteiger charge is 2.28. The Balaban J connectivity index is 4.68. The first kappa shape index (κ1) is 80.9. The van der Waals surface area contributed by atoms with Gasteiger partial charge >= 0.3 is 25.7 Å². The second-order valence-corrected chi connectivity index (χ2v) is 24.8. The molecule has 0 radical (unpaired) electrons. The zero-order chi connectivity index (χ0) is 61.2. The Labute approximate surface area is 516 Å². The molecule has 488 valence electrons. The highest BCUT2D eigenvalue weighted by atomic mass is 31.2. The van der Waals surface area contributed by atoms with Crippen LogP contribution in [0.2, 0.25) is 0 Å². The van der Waals surface area contributed by atoms with Crippen molar-refractivity contribution in [3.05, 3.63) is 72.9 Å². The van der Waals surface area contributed by atoms with Crippen LogP contribution in [0.4, 0.5) is 0 Å². The van der Waals surface area contributed by atoms with E-state index >= 15 is 0 Å². The molecule has 0 rings (SSSR count). The summed E-state index contributed by atoms with van der Waals surface area (Å²) in [6.45, 7) is 4.56. The summed E-state index contributed by atoms with van der Waals surface area (Å²) in [7, 11) is -4.76. The van der Waals surface area contributed by atoms with Gasteiger partial charge in [0.25, 0.3) is 0 Å². The van der Waals surface area contributed by atoms with E-state index in [0.717, 1.165) is 116 Å². The Hall–Kier alpha value is -3.08. The molecule has 3 unspecified atom stereocenters. The molecule has 0 bridgehead atoms. The summed E-state index contributed by atoms with van der Waals surface area (Å²) >= 11 is 0. The highest BCUT2D eigenvalue weighted by Crippen LogP contribution is 2.43. The summed E-state index contributed by atoms with van der Waals surface area (Å²) in [5.41, 5.74) is 0. The fraction of sp³-hybridized carbons (Fsp3) is 0.792. The number of hydrogen-bond acceptors (Lipinski definition) is 10. The van der Waals surface area contributed by atoms with Crippen LogP contribution in [-0.4, -0.2) is 66.5 Å². The van der Waals surface area contributed by atoms with Crippen LogP contribution < -0.4 is 0 Å². The SMILES string of the molecule is CC/C=C\C/C=C\C/C=C\C/C=C\CCCCCCCCC(=O)OCC(COP(=O)(O)OCC(CO)OC(=O)CCCCCCCCCCCCCCCCCCCCC)OC(=O)CCCCCCCCCCC/C=C\C/C=C\CCCCC. The van der Waals surface area contributed by atoms with Crippen LogP contribution in [-0.2, 0) is 42.2 Å². The summed E-state index contributed by atoms with van der Waals surface area (Å²) in [5, 5.41) is 9.89. The molecule has 0 saturated carbocycles. The standard InChI is InChI=1S/C72H129O11P/c1-4-7-10-13-16-19-22-25-28-31-34-37-40-43-46-49-52-55-58-61-70(74)79-65-69(83-72(76)63-60-57-54-51-48-45-42-39-36-33-30-27-24-21-18-15-12-9-6-3)67-81-84(77,78)80-66-68(64-73)82-71(75)62-59-56-53-50-47-44-41-38-35-32-29-26-23-20-17-14-11-8-5-2/h7,10,16,18-19,21,25,27-28,30,34,37,68-69,73H,4-6,8-9,11-15,17,20,22-24,26,29,31-33,35-36,38-67H2,1-3H3,(H,77,78)/b10-7-,19-16-,21-18-,28-25-,30-27-,37-34-. The van der Waals surface area contributed by atoms with Crippen molar-refractivity contribution >= 4 is 25.7 Å². The molecule has 0 saturated heterocycles. The third kappa shape index (κ3) is 63.4. The van der Waals surface area contributed by atoms with E-state index in [1.165, 1.54) is 154 Å². The molecular formula is C72H129O11P. The van der Waals surface area contributed by atoms with Crippen LogP contribution in [0.1, 0.15) is 329 Å². The largest absolute Gasteiger partial charge is 0.472 e. The maximum absolute atomic E-state index is 13.0. The van der Waals surface area contributed by atoms with Crippen molar-refractivity contribution in [1.29, 1.82) is 0 Å². The van der Waals surface area contributed by atoms with Gasteiger partial charge in [-0.3, -0.25) is 23.4 Å². The Morgan fingerprint density at radius 2 is 0.619 bits per heavy atom. The van der Waals surface area contributed by atoms with Gasteiger partial charge in [-0.2, -0.15) is 0 Å². The van der Waals surface area contributed by atoms with Gasteiger partial charge in [-0.05, 0) is 89.9 Å². The monoisotopic (exact) mass is 1200 g/mol. The number of phosphoric ester groups is 1. The Bertz CT molecular complexity index is 1690. The van der Waals surface area contributed by atoms with Crippen LogP contribution in [0.3, 0.4) is 0 Å². The van der Waals surface area contributed by atoms with Gasteiger partial charge in [0, 0.05) is 19.3 Å². The van der Waals surface area contributed by atoms with E-state index in [2.05, 4.69) is 93.7 Å². The number of unbranched alkanes of at least 4 members (excludes halogenated alkanes) is 36. The molecule has 0 fully saturated rings. The molecule has 0 aliphatic carbocycles. The predicted molar refractivity (Wildman–Crippen MR) is 353 cm³/mol. The fourth-order valence-corrected chi connectivity index (χ4v) is 10.6. The van der Waals surface area contributed by atoms with Crippen LogP contribution in [0.25, 0.3) is 0 Å².